The predicted molar refractivity (Wildman–Crippen MR) is 91.5 cm³/mol. The summed E-state index contributed by atoms with van der Waals surface area (Å²) in [6, 6.07) is 6.21. The summed E-state index contributed by atoms with van der Waals surface area (Å²) in [5.74, 6) is 0.178. The van der Waals surface area contributed by atoms with Crippen LogP contribution in [0.1, 0.15) is 12.0 Å². The number of fused-ring (bicyclic) bond motifs is 1. The molecule has 3 heterocycles. The van der Waals surface area contributed by atoms with Gasteiger partial charge in [0.2, 0.25) is 5.91 Å². The van der Waals surface area contributed by atoms with Crippen molar-refractivity contribution in [2.24, 2.45) is 7.05 Å². The number of thiazole rings is 1. The quantitative estimate of drug-likeness (QED) is 0.728. The standard InChI is InChI=1S/C17H16N4OS/c1-20-9-13(8-18-20)17-19-14(10-23-17)11-3-5-15-12(7-11)4-6-16(22)21(15)2/h3,5,7-10H,4,6H2,1-2H3. The van der Waals surface area contributed by atoms with E-state index in [-0.39, 0.29) is 5.91 Å². The Hall–Kier alpha value is -2.47. The lowest BCUT2D eigenvalue weighted by Gasteiger charge is -2.26. The van der Waals surface area contributed by atoms with Crippen LogP contribution in [0.4, 0.5) is 5.69 Å². The molecule has 0 aliphatic carbocycles. The zero-order valence-corrected chi connectivity index (χ0v) is 13.8. The number of carbonyl (C=O) groups excluding carboxylic acids is 1. The minimum absolute atomic E-state index is 0.178. The SMILES string of the molecule is CN1C(=O)CCc2cc(-c3csc(-c4cnn(C)c4)n3)ccc21. The number of aromatic nitrogens is 3. The number of nitrogens with zero attached hydrogens (tertiary/aromatic N) is 4. The van der Waals surface area contributed by atoms with Gasteiger partial charge in [-0.3, -0.25) is 9.48 Å². The van der Waals surface area contributed by atoms with E-state index in [0.717, 1.165) is 33.9 Å². The molecule has 1 aliphatic rings. The number of amides is 1. The van der Waals surface area contributed by atoms with Crippen LogP contribution >= 0.6 is 11.3 Å². The monoisotopic (exact) mass is 324 g/mol. The molecule has 0 N–H and O–H groups in total. The van der Waals surface area contributed by atoms with E-state index in [2.05, 4.69) is 16.5 Å². The van der Waals surface area contributed by atoms with Crippen molar-refractivity contribution in [3.63, 3.8) is 0 Å². The van der Waals surface area contributed by atoms with Gasteiger partial charge in [0.25, 0.3) is 0 Å². The average Bonchev–Trinajstić information content (AvgIpc) is 3.19. The minimum Gasteiger partial charge on any atom is -0.315 e. The summed E-state index contributed by atoms with van der Waals surface area (Å²) < 4.78 is 1.78. The van der Waals surface area contributed by atoms with E-state index >= 15 is 0 Å². The maximum absolute atomic E-state index is 11.8. The van der Waals surface area contributed by atoms with Crippen molar-refractivity contribution in [2.45, 2.75) is 12.8 Å². The molecule has 0 saturated carbocycles. The summed E-state index contributed by atoms with van der Waals surface area (Å²) in [5, 5.41) is 7.24. The van der Waals surface area contributed by atoms with E-state index in [4.69, 9.17) is 4.98 Å². The van der Waals surface area contributed by atoms with Gasteiger partial charge in [-0.15, -0.1) is 11.3 Å². The van der Waals surface area contributed by atoms with Crippen molar-refractivity contribution in [3.05, 3.63) is 41.5 Å². The fourth-order valence-electron chi connectivity index (χ4n) is 2.89. The van der Waals surface area contributed by atoms with Crippen molar-refractivity contribution >= 4 is 22.9 Å². The highest BCUT2D eigenvalue weighted by atomic mass is 32.1. The minimum atomic E-state index is 0.178. The molecule has 1 aliphatic heterocycles. The number of rotatable bonds is 2. The lowest BCUT2D eigenvalue weighted by molar-refractivity contribution is -0.118. The van der Waals surface area contributed by atoms with Crippen LogP contribution in [0.5, 0.6) is 0 Å². The van der Waals surface area contributed by atoms with Gasteiger partial charge in [-0.1, -0.05) is 6.07 Å². The first kappa shape index (κ1) is 14.1. The lowest BCUT2D eigenvalue weighted by atomic mass is 9.98. The summed E-state index contributed by atoms with van der Waals surface area (Å²) in [7, 11) is 3.74. The smallest absolute Gasteiger partial charge is 0.227 e. The Balaban J connectivity index is 1.69. The number of benzene rings is 1. The van der Waals surface area contributed by atoms with Gasteiger partial charge in [-0.05, 0) is 24.1 Å². The average molecular weight is 324 g/mol. The molecule has 0 atom stereocenters. The van der Waals surface area contributed by atoms with Crippen LogP contribution in [0.15, 0.2) is 36.0 Å². The van der Waals surface area contributed by atoms with Crippen LogP contribution in [-0.2, 0) is 18.3 Å². The van der Waals surface area contributed by atoms with Crippen LogP contribution in [0, 0.1) is 0 Å². The van der Waals surface area contributed by atoms with E-state index in [1.54, 1.807) is 20.9 Å². The van der Waals surface area contributed by atoms with Gasteiger partial charge in [0.1, 0.15) is 5.01 Å². The van der Waals surface area contributed by atoms with Gasteiger partial charge in [0.15, 0.2) is 0 Å². The summed E-state index contributed by atoms with van der Waals surface area (Å²) in [6.45, 7) is 0. The Morgan fingerprint density at radius 2 is 2.04 bits per heavy atom. The van der Waals surface area contributed by atoms with Crippen molar-refractivity contribution in [2.75, 3.05) is 11.9 Å². The van der Waals surface area contributed by atoms with Crippen LogP contribution in [0.2, 0.25) is 0 Å². The molecular weight excluding hydrogens is 308 g/mol. The molecule has 0 unspecified atom stereocenters. The van der Waals surface area contributed by atoms with Gasteiger partial charge >= 0.3 is 0 Å². The Kier molecular flexibility index (Phi) is 3.27. The molecule has 0 fully saturated rings. The van der Waals surface area contributed by atoms with Gasteiger partial charge in [0.05, 0.1) is 11.9 Å². The number of aryl methyl sites for hydroxylation is 2. The Morgan fingerprint density at radius 3 is 2.83 bits per heavy atom. The number of hydrogen-bond acceptors (Lipinski definition) is 4. The highest BCUT2D eigenvalue weighted by Crippen LogP contribution is 2.33. The molecule has 1 aromatic carbocycles. The highest BCUT2D eigenvalue weighted by Gasteiger charge is 2.21. The highest BCUT2D eigenvalue weighted by molar-refractivity contribution is 7.13. The van der Waals surface area contributed by atoms with Crippen LogP contribution < -0.4 is 4.90 Å². The summed E-state index contributed by atoms with van der Waals surface area (Å²) in [5.41, 5.74) is 5.31. The van der Waals surface area contributed by atoms with Crippen molar-refractivity contribution < 1.29 is 4.79 Å². The van der Waals surface area contributed by atoms with E-state index < -0.39 is 0 Å². The largest absolute Gasteiger partial charge is 0.315 e. The summed E-state index contributed by atoms with van der Waals surface area (Å²) >= 11 is 1.62. The fourth-order valence-corrected chi connectivity index (χ4v) is 3.69. The Labute approximate surface area is 138 Å². The molecule has 4 rings (SSSR count). The van der Waals surface area contributed by atoms with Gasteiger partial charge in [-0.25, -0.2) is 4.98 Å². The zero-order valence-electron chi connectivity index (χ0n) is 13.0. The molecule has 116 valence electrons. The van der Waals surface area contributed by atoms with E-state index in [1.165, 1.54) is 5.56 Å². The van der Waals surface area contributed by atoms with Crippen LogP contribution in [-0.4, -0.2) is 27.7 Å². The van der Waals surface area contributed by atoms with Crippen LogP contribution in [0.3, 0.4) is 0 Å². The maximum Gasteiger partial charge on any atom is 0.227 e. The van der Waals surface area contributed by atoms with E-state index in [0.29, 0.717) is 6.42 Å². The third-order valence-corrected chi connectivity index (χ3v) is 5.07. The van der Waals surface area contributed by atoms with Gasteiger partial charge in [-0.2, -0.15) is 5.10 Å². The molecule has 0 radical (unpaired) electrons. The normalized spacial score (nSPS) is 14.2. The molecule has 1 amide bonds. The van der Waals surface area contributed by atoms with Crippen molar-refractivity contribution in [1.29, 1.82) is 0 Å². The first-order valence-electron chi connectivity index (χ1n) is 7.46. The first-order valence-corrected chi connectivity index (χ1v) is 8.34. The van der Waals surface area contributed by atoms with Crippen LogP contribution in [0.25, 0.3) is 21.8 Å². The Morgan fingerprint density at radius 1 is 1.17 bits per heavy atom. The third-order valence-electron chi connectivity index (χ3n) is 4.17. The number of anilines is 1. The fraction of sp³-hybridized carbons (Fsp3) is 0.235. The van der Waals surface area contributed by atoms with E-state index in [1.807, 2.05) is 38.6 Å². The predicted octanol–water partition coefficient (Wildman–Crippen LogP) is 3.12. The third kappa shape index (κ3) is 2.45. The maximum atomic E-state index is 11.8. The molecule has 3 aromatic rings. The lowest BCUT2D eigenvalue weighted by Crippen LogP contribution is -2.30. The molecule has 23 heavy (non-hydrogen) atoms. The van der Waals surface area contributed by atoms with Crippen molar-refractivity contribution in [1.82, 2.24) is 14.8 Å². The molecule has 0 bridgehead atoms. The molecule has 6 heteroatoms. The Bertz CT molecular complexity index is 896. The first-order chi connectivity index (χ1) is 11.1. The molecule has 5 nitrogen and oxygen atoms in total. The van der Waals surface area contributed by atoms with Gasteiger partial charge in [0, 0.05) is 48.9 Å². The number of carbonyl (C=O) groups is 1. The number of hydrogen-bond donors (Lipinski definition) is 0. The summed E-state index contributed by atoms with van der Waals surface area (Å²) in [6.07, 6.45) is 5.17. The second-order valence-corrected chi connectivity index (χ2v) is 6.59. The molecular formula is C17H16N4OS. The van der Waals surface area contributed by atoms with Gasteiger partial charge < -0.3 is 4.90 Å². The summed E-state index contributed by atoms with van der Waals surface area (Å²) in [4.78, 5) is 18.3. The molecule has 2 aromatic heterocycles. The topological polar surface area (TPSA) is 51.0 Å². The molecule has 0 saturated heterocycles. The van der Waals surface area contributed by atoms with Crippen molar-refractivity contribution in [3.8, 4) is 21.8 Å². The second-order valence-electron chi connectivity index (χ2n) is 5.74. The van der Waals surface area contributed by atoms with E-state index in [9.17, 15) is 4.79 Å². The zero-order chi connectivity index (χ0) is 16.0. The second kappa shape index (κ2) is 5.31. The molecule has 0 spiro atoms.